The van der Waals surface area contributed by atoms with E-state index in [1.165, 1.54) is 4.90 Å². The summed E-state index contributed by atoms with van der Waals surface area (Å²) in [6.07, 6.45) is 0. The monoisotopic (exact) mass is 306 g/mol. The lowest BCUT2D eigenvalue weighted by molar-refractivity contribution is 0.344. The van der Waals surface area contributed by atoms with Gasteiger partial charge in [-0.1, -0.05) is 11.6 Å². The zero-order valence-electron chi connectivity index (χ0n) is 10.8. The van der Waals surface area contributed by atoms with Gasteiger partial charge in [-0.2, -0.15) is 0 Å². The molecule has 0 amide bonds. The van der Waals surface area contributed by atoms with Crippen molar-refractivity contribution >= 4 is 29.2 Å². The van der Waals surface area contributed by atoms with E-state index in [2.05, 4.69) is 0 Å². The summed E-state index contributed by atoms with van der Waals surface area (Å²) in [5.74, 6) is 1.71. The van der Waals surface area contributed by atoms with E-state index in [4.69, 9.17) is 27.5 Å². The number of amidine groups is 1. The zero-order valence-corrected chi connectivity index (χ0v) is 12.4. The van der Waals surface area contributed by atoms with Crippen LogP contribution in [0.4, 0.5) is 0 Å². The summed E-state index contributed by atoms with van der Waals surface area (Å²) in [5.41, 5.74) is 6.09. The highest BCUT2D eigenvalue weighted by molar-refractivity contribution is 7.99. The van der Waals surface area contributed by atoms with Gasteiger partial charge in [0.05, 0.1) is 6.61 Å². The minimum Gasteiger partial charge on any atom is -0.493 e. The molecule has 5 heteroatoms. The lowest BCUT2D eigenvalue weighted by Crippen LogP contribution is -2.10. The molecule has 2 aromatic rings. The van der Waals surface area contributed by atoms with Crippen molar-refractivity contribution < 1.29 is 4.74 Å². The Balaban J connectivity index is 1.75. The molecule has 0 aliphatic rings. The Morgan fingerprint density at radius 1 is 1.10 bits per heavy atom. The van der Waals surface area contributed by atoms with E-state index in [9.17, 15) is 0 Å². The first-order valence-electron chi connectivity index (χ1n) is 6.11. The van der Waals surface area contributed by atoms with Crippen molar-refractivity contribution in [3.05, 3.63) is 59.1 Å². The fraction of sp³-hybridized carbons (Fsp3) is 0.133. The van der Waals surface area contributed by atoms with Crippen LogP contribution in [0.2, 0.25) is 5.02 Å². The summed E-state index contributed by atoms with van der Waals surface area (Å²) in [7, 11) is 0. The van der Waals surface area contributed by atoms with E-state index in [1.807, 2.05) is 36.4 Å². The average molecular weight is 307 g/mol. The molecule has 0 aliphatic carbocycles. The lowest BCUT2D eigenvalue weighted by atomic mass is 10.2. The number of nitrogens with one attached hydrogen (secondary N) is 1. The van der Waals surface area contributed by atoms with E-state index in [-0.39, 0.29) is 5.84 Å². The van der Waals surface area contributed by atoms with Crippen LogP contribution in [0.5, 0.6) is 5.75 Å². The lowest BCUT2D eigenvalue weighted by Gasteiger charge is -2.07. The number of rotatable bonds is 6. The van der Waals surface area contributed by atoms with Crippen LogP contribution in [0.3, 0.4) is 0 Å². The molecule has 0 bridgehead atoms. The van der Waals surface area contributed by atoms with E-state index in [0.29, 0.717) is 12.2 Å². The number of benzene rings is 2. The number of hydrogen-bond donors (Lipinski definition) is 2. The third-order valence-electron chi connectivity index (χ3n) is 2.60. The minimum atomic E-state index is 0.0647. The van der Waals surface area contributed by atoms with Gasteiger partial charge in [-0.15, -0.1) is 11.8 Å². The van der Waals surface area contributed by atoms with Crippen LogP contribution in [-0.2, 0) is 0 Å². The highest BCUT2D eigenvalue weighted by Gasteiger charge is 1.99. The fourth-order valence-electron chi connectivity index (χ4n) is 1.58. The first kappa shape index (κ1) is 14.8. The van der Waals surface area contributed by atoms with Crippen LogP contribution in [0, 0.1) is 5.41 Å². The summed E-state index contributed by atoms with van der Waals surface area (Å²) in [4.78, 5) is 1.17. The van der Waals surface area contributed by atoms with Crippen LogP contribution >= 0.6 is 23.4 Å². The van der Waals surface area contributed by atoms with Crippen molar-refractivity contribution in [3.8, 4) is 5.75 Å². The second-order valence-corrected chi connectivity index (χ2v) is 5.69. The predicted octanol–water partition coefficient (Wildman–Crippen LogP) is 3.80. The van der Waals surface area contributed by atoms with Crippen LogP contribution in [0.1, 0.15) is 5.56 Å². The Morgan fingerprint density at radius 2 is 1.75 bits per heavy atom. The van der Waals surface area contributed by atoms with Crippen LogP contribution in [-0.4, -0.2) is 18.2 Å². The molecular weight excluding hydrogens is 292 g/mol. The van der Waals surface area contributed by atoms with Gasteiger partial charge >= 0.3 is 0 Å². The summed E-state index contributed by atoms with van der Waals surface area (Å²) in [6.45, 7) is 0.618. The van der Waals surface area contributed by atoms with Gasteiger partial charge in [0.25, 0.3) is 0 Å². The third-order valence-corrected chi connectivity index (χ3v) is 3.83. The fourth-order valence-corrected chi connectivity index (χ4v) is 2.44. The molecule has 0 aromatic heterocycles. The van der Waals surface area contributed by atoms with E-state index in [0.717, 1.165) is 16.5 Å². The SMILES string of the molecule is N=C(N)c1ccc(OCCSc2ccc(Cl)cc2)cc1. The molecule has 20 heavy (non-hydrogen) atoms. The predicted molar refractivity (Wildman–Crippen MR) is 85.1 cm³/mol. The van der Waals surface area contributed by atoms with Gasteiger partial charge < -0.3 is 10.5 Å². The van der Waals surface area contributed by atoms with Gasteiger partial charge in [0, 0.05) is 21.2 Å². The highest BCUT2D eigenvalue weighted by Crippen LogP contribution is 2.20. The zero-order chi connectivity index (χ0) is 14.4. The quantitative estimate of drug-likeness (QED) is 0.369. The Hall–Kier alpha value is -1.65. The normalized spacial score (nSPS) is 10.2. The van der Waals surface area contributed by atoms with Crippen LogP contribution < -0.4 is 10.5 Å². The minimum absolute atomic E-state index is 0.0647. The third kappa shape index (κ3) is 4.47. The molecule has 0 spiro atoms. The first-order chi connectivity index (χ1) is 9.65. The Morgan fingerprint density at radius 3 is 2.35 bits per heavy atom. The summed E-state index contributed by atoms with van der Waals surface area (Å²) in [6, 6.07) is 15.0. The number of nitrogen functional groups attached to an aromatic ring is 1. The molecule has 104 valence electrons. The van der Waals surface area contributed by atoms with Crippen molar-refractivity contribution in [3.63, 3.8) is 0 Å². The number of ether oxygens (including phenoxy) is 1. The van der Waals surface area contributed by atoms with Gasteiger partial charge in [0.15, 0.2) is 0 Å². The van der Waals surface area contributed by atoms with Crippen molar-refractivity contribution in [1.82, 2.24) is 0 Å². The molecular formula is C15H15ClN2OS. The Kier molecular flexibility index (Phi) is 5.32. The van der Waals surface area contributed by atoms with E-state index in [1.54, 1.807) is 23.9 Å². The number of halogens is 1. The van der Waals surface area contributed by atoms with Crippen molar-refractivity contribution in [2.75, 3.05) is 12.4 Å². The van der Waals surface area contributed by atoms with Gasteiger partial charge in [0.2, 0.25) is 0 Å². The molecule has 0 aliphatic heterocycles. The maximum Gasteiger partial charge on any atom is 0.122 e. The molecule has 0 fully saturated rings. The molecule has 0 radical (unpaired) electrons. The standard InChI is InChI=1S/C15H15ClN2OS/c16-12-3-7-14(8-4-12)20-10-9-19-13-5-1-11(2-6-13)15(17)18/h1-8H,9-10H2,(H3,17,18). The summed E-state index contributed by atoms with van der Waals surface area (Å²) in [5, 5.41) is 8.05. The molecule has 3 nitrogen and oxygen atoms in total. The molecule has 0 saturated carbocycles. The topological polar surface area (TPSA) is 59.1 Å². The van der Waals surface area contributed by atoms with Gasteiger partial charge in [-0.25, -0.2) is 0 Å². The number of nitrogens with two attached hydrogens (primary N) is 1. The Labute approximate surface area is 127 Å². The van der Waals surface area contributed by atoms with Crippen LogP contribution in [0.25, 0.3) is 0 Å². The molecule has 0 atom stereocenters. The maximum absolute atomic E-state index is 7.31. The maximum atomic E-state index is 7.31. The molecule has 0 heterocycles. The van der Waals surface area contributed by atoms with Crippen LogP contribution in [0.15, 0.2) is 53.4 Å². The summed E-state index contributed by atoms with van der Waals surface area (Å²) < 4.78 is 5.63. The average Bonchev–Trinajstić information content (AvgIpc) is 2.46. The van der Waals surface area contributed by atoms with Gasteiger partial charge in [0.1, 0.15) is 11.6 Å². The largest absolute Gasteiger partial charge is 0.493 e. The summed E-state index contributed by atoms with van der Waals surface area (Å²) >= 11 is 7.55. The van der Waals surface area contributed by atoms with E-state index >= 15 is 0 Å². The second-order valence-electron chi connectivity index (χ2n) is 4.09. The number of thioether (sulfide) groups is 1. The Bertz CT molecular complexity index is 569. The smallest absolute Gasteiger partial charge is 0.122 e. The van der Waals surface area contributed by atoms with Crippen molar-refractivity contribution in [2.24, 2.45) is 5.73 Å². The number of hydrogen-bond acceptors (Lipinski definition) is 3. The van der Waals surface area contributed by atoms with Gasteiger partial charge in [-0.05, 0) is 48.5 Å². The highest BCUT2D eigenvalue weighted by atomic mass is 35.5. The molecule has 2 rings (SSSR count). The molecule has 0 saturated heterocycles. The first-order valence-corrected chi connectivity index (χ1v) is 7.47. The molecule has 2 aromatic carbocycles. The van der Waals surface area contributed by atoms with Gasteiger partial charge in [-0.3, -0.25) is 5.41 Å². The van der Waals surface area contributed by atoms with E-state index < -0.39 is 0 Å². The van der Waals surface area contributed by atoms with Crippen molar-refractivity contribution in [2.45, 2.75) is 4.90 Å². The molecule has 3 N–H and O–H groups in total. The molecule has 0 unspecified atom stereocenters. The van der Waals surface area contributed by atoms with Crippen molar-refractivity contribution in [1.29, 1.82) is 5.41 Å². The second kappa shape index (κ2) is 7.22.